The van der Waals surface area contributed by atoms with E-state index in [2.05, 4.69) is 15.5 Å². The van der Waals surface area contributed by atoms with Gasteiger partial charge >= 0.3 is 0 Å². The van der Waals surface area contributed by atoms with E-state index in [1.54, 1.807) is 7.11 Å². The van der Waals surface area contributed by atoms with Gasteiger partial charge in [-0.3, -0.25) is 4.79 Å². The van der Waals surface area contributed by atoms with Gasteiger partial charge < -0.3 is 19.2 Å². The standard InChI is InChI=1S/C26H25N3O4/c1-31-23-16-20(12-13-22(23)32-18-19-8-4-2-5-9-19)17-27-24(30)14-15-25-28-29-26(33-25)21-10-6-3-7-11-21/h2-13,16H,14-15,17-18H2,1H3,(H,27,30). The summed E-state index contributed by atoms with van der Waals surface area (Å²) >= 11 is 0. The summed E-state index contributed by atoms with van der Waals surface area (Å²) in [6.45, 7) is 0.836. The molecule has 168 valence electrons. The van der Waals surface area contributed by atoms with Crippen LogP contribution in [-0.2, 0) is 24.4 Å². The first-order valence-corrected chi connectivity index (χ1v) is 10.7. The summed E-state index contributed by atoms with van der Waals surface area (Å²) in [5.41, 5.74) is 2.84. The summed E-state index contributed by atoms with van der Waals surface area (Å²) in [6, 6.07) is 25.1. The molecule has 0 bridgehead atoms. The summed E-state index contributed by atoms with van der Waals surface area (Å²) in [4.78, 5) is 12.3. The number of carbonyl (C=O) groups excluding carboxylic acids is 1. The van der Waals surface area contributed by atoms with Crippen LogP contribution in [-0.4, -0.2) is 23.2 Å². The molecular weight excluding hydrogens is 418 g/mol. The van der Waals surface area contributed by atoms with Gasteiger partial charge in [-0.15, -0.1) is 10.2 Å². The fraction of sp³-hybridized carbons (Fsp3) is 0.192. The molecule has 0 saturated heterocycles. The molecule has 7 nitrogen and oxygen atoms in total. The van der Waals surface area contributed by atoms with Crippen LogP contribution in [0.3, 0.4) is 0 Å². The lowest BCUT2D eigenvalue weighted by Crippen LogP contribution is -2.23. The number of aryl methyl sites for hydroxylation is 1. The summed E-state index contributed by atoms with van der Waals surface area (Å²) in [6.07, 6.45) is 0.632. The maximum atomic E-state index is 12.3. The van der Waals surface area contributed by atoms with Crippen LogP contribution in [0.15, 0.2) is 83.3 Å². The first-order valence-electron chi connectivity index (χ1n) is 10.7. The Morgan fingerprint density at radius 1 is 0.909 bits per heavy atom. The van der Waals surface area contributed by atoms with Crippen molar-refractivity contribution in [3.8, 4) is 23.0 Å². The zero-order valence-electron chi connectivity index (χ0n) is 18.4. The minimum Gasteiger partial charge on any atom is -0.493 e. The number of rotatable bonds is 10. The van der Waals surface area contributed by atoms with Gasteiger partial charge in [-0.1, -0.05) is 54.6 Å². The number of ether oxygens (including phenoxy) is 2. The van der Waals surface area contributed by atoms with Gasteiger partial charge in [0.25, 0.3) is 0 Å². The lowest BCUT2D eigenvalue weighted by Gasteiger charge is -2.13. The highest BCUT2D eigenvalue weighted by Crippen LogP contribution is 2.29. The van der Waals surface area contributed by atoms with Crippen molar-refractivity contribution in [3.05, 3.63) is 95.9 Å². The molecule has 3 aromatic carbocycles. The van der Waals surface area contributed by atoms with E-state index < -0.39 is 0 Å². The van der Waals surface area contributed by atoms with Crippen molar-refractivity contribution in [3.63, 3.8) is 0 Å². The molecule has 0 spiro atoms. The molecule has 1 amide bonds. The fourth-order valence-corrected chi connectivity index (χ4v) is 3.24. The van der Waals surface area contributed by atoms with Gasteiger partial charge in [0.1, 0.15) is 6.61 Å². The number of nitrogens with one attached hydrogen (secondary N) is 1. The topological polar surface area (TPSA) is 86.5 Å². The normalized spacial score (nSPS) is 10.6. The third-order valence-corrected chi connectivity index (χ3v) is 5.01. The second kappa shape index (κ2) is 10.9. The zero-order chi connectivity index (χ0) is 22.9. The molecule has 0 aliphatic rings. The molecule has 0 aliphatic heterocycles. The van der Waals surface area contributed by atoms with Crippen molar-refractivity contribution < 1.29 is 18.7 Å². The molecule has 0 radical (unpaired) electrons. The van der Waals surface area contributed by atoms with Crippen molar-refractivity contribution in [1.82, 2.24) is 15.5 Å². The van der Waals surface area contributed by atoms with Gasteiger partial charge in [-0.2, -0.15) is 0 Å². The summed E-state index contributed by atoms with van der Waals surface area (Å²) in [5.74, 6) is 2.06. The zero-order valence-corrected chi connectivity index (χ0v) is 18.4. The minimum absolute atomic E-state index is 0.0992. The molecule has 1 aromatic heterocycles. The number of benzene rings is 3. The third-order valence-electron chi connectivity index (χ3n) is 5.01. The Morgan fingerprint density at radius 2 is 1.67 bits per heavy atom. The molecular formula is C26H25N3O4. The van der Waals surface area contributed by atoms with Crippen LogP contribution in [0.5, 0.6) is 11.5 Å². The molecule has 7 heteroatoms. The number of hydrogen-bond donors (Lipinski definition) is 1. The average Bonchev–Trinajstić information content (AvgIpc) is 3.35. The number of amides is 1. The monoisotopic (exact) mass is 443 g/mol. The lowest BCUT2D eigenvalue weighted by atomic mass is 10.2. The Bertz CT molecular complexity index is 1180. The highest BCUT2D eigenvalue weighted by molar-refractivity contribution is 5.76. The van der Waals surface area contributed by atoms with Gasteiger partial charge in [0.15, 0.2) is 11.5 Å². The Morgan fingerprint density at radius 3 is 2.42 bits per heavy atom. The Labute approximate surface area is 192 Å². The quantitative estimate of drug-likeness (QED) is 0.386. The van der Waals surface area contributed by atoms with Crippen molar-refractivity contribution >= 4 is 5.91 Å². The Balaban J connectivity index is 1.26. The van der Waals surface area contributed by atoms with Crippen LogP contribution < -0.4 is 14.8 Å². The molecule has 0 aliphatic carbocycles. The maximum absolute atomic E-state index is 12.3. The number of carbonyl (C=O) groups is 1. The molecule has 0 saturated carbocycles. The second-order valence-electron chi connectivity index (χ2n) is 7.40. The first kappa shape index (κ1) is 22.1. The molecule has 1 N–H and O–H groups in total. The van der Waals surface area contributed by atoms with Crippen LogP contribution in [0.25, 0.3) is 11.5 Å². The Kier molecular flexibility index (Phi) is 7.33. The minimum atomic E-state index is -0.0992. The number of hydrogen-bond acceptors (Lipinski definition) is 6. The molecule has 4 aromatic rings. The smallest absolute Gasteiger partial charge is 0.247 e. The Hall–Kier alpha value is -4.13. The van der Waals surface area contributed by atoms with Gasteiger partial charge in [-0.25, -0.2) is 0 Å². The molecule has 0 atom stereocenters. The first-order chi connectivity index (χ1) is 16.2. The van der Waals surface area contributed by atoms with E-state index in [1.165, 1.54) is 0 Å². The average molecular weight is 444 g/mol. The van der Waals surface area contributed by atoms with E-state index in [-0.39, 0.29) is 12.3 Å². The van der Waals surface area contributed by atoms with Crippen LogP contribution in [0.1, 0.15) is 23.4 Å². The molecule has 1 heterocycles. The summed E-state index contributed by atoms with van der Waals surface area (Å²) < 4.78 is 17.0. The number of nitrogens with zero attached hydrogens (tertiary/aromatic N) is 2. The SMILES string of the molecule is COc1cc(CNC(=O)CCc2nnc(-c3ccccc3)o2)ccc1OCc1ccccc1. The van der Waals surface area contributed by atoms with E-state index in [1.807, 2.05) is 78.9 Å². The van der Waals surface area contributed by atoms with Crippen molar-refractivity contribution in [1.29, 1.82) is 0 Å². The highest BCUT2D eigenvalue weighted by Gasteiger charge is 2.11. The molecule has 0 fully saturated rings. The predicted molar refractivity (Wildman–Crippen MR) is 124 cm³/mol. The molecule has 0 unspecified atom stereocenters. The number of methoxy groups -OCH3 is 1. The van der Waals surface area contributed by atoms with Crippen LogP contribution in [0, 0.1) is 0 Å². The van der Waals surface area contributed by atoms with Crippen molar-refractivity contribution in [2.75, 3.05) is 7.11 Å². The van der Waals surface area contributed by atoms with Gasteiger partial charge in [-0.05, 0) is 35.4 Å². The van der Waals surface area contributed by atoms with Crippen molar-refractivity contribution in [2.24, 2.45) is 0 Å². The van der Waals surface area contributed by atoms with Crippen LogP contribution in [0.4, 0.5) is 0 Å². The summed E-state index contributed by atoms with van der Waals surface area (Å²) in [7, 11) is 1.60. The molecule has 33 heavy (non-hydrogen) atoms. The van der Waals surface area contributed by atoms with Crippen LogP contribution in [0.2, 0.25) is 0 Å². The van der Waals surface area contributed by atoms with E-state index >= 15 is 0 Å². The second-order valence-corrected chi connectivity index (χ2v) is 7.40. The number of aromatic nitrogens is 2. The fourth-order valence-electron chi connectivity index (χ4n) is 3.24. The van der Waals surface area contributed by atoms with Crippen molar-refractivity contribution in [2.45, 2.75) is 26.0 Å². The van der Waals surface area contributed by atoms with E-state index in [4.69, 9.17) is 13.9 Å². The van der Waals surface area contributed by atoms with Gasteiger partial charge in [0, 0.05) is 24.9 Å². The van der Waals surface area contributed by atoms with E-state index in [0.717, 1.165) is 16.7 Å². The lowest BCUT2D eigenvalue weighted by molar-refractivity contribution is -0.121. The van der Waals surface area contributed by atoms with Gasteiger partial charge in [0.05, 0.1) is 7.11 Å². The third kappa shape index (κ3) is 6.20. The largest absolute Gasteiger partial charge is 0.493 e. The van der Waals surface area contributed by atoms with E-state index in [9.17, 15) is 4.79 Å². The van der Waals surface area contributed by atoms with Gasteiger partial charge in [0.2, 0.25) is 17.7 Å². The highest BCUT2D eigenvalue weighted by atomic mass is 16.5. The van der Waals surface area contributed by atoms with Crippen LogP contribution >= 0.6 is 0 Å². The maximum Gasteiger partial charge on any atom is 0.247 e. The summed E-state index contributed by atoms with van der Waals surface area (Å²) in [5, 5.41) is 11.0. The van der Waals surface area contributed by atoms with E-state index in [0.29, 0.717) is 42.9 Å². The predicted octanol–water partition coefficient (Wildman–Crippen LogP) is 4.57. The molecule has 4 rings (SSSR count).